The van der Waals surface area contributed by atoms with Gasteiger partial charge in [0.05, 0.1) is 11.1 Å². The Labute approximate surface area is 159 Å². The van der Waals surface area contributed by atoms with Crippen LogP contribution in [0, 0.1) is 0 Å². The standard InChI is InChI=1S/C22H22ClNO2/c23-20-13-18(14-24-15-21(25)19-9-5-2-6-10-19)11-12-22(20)26-16-17-7-3-1-4-8-17/h1-13,21,24-25H,14-16H2/t21-/m0/s1. The molecule has 2 N–H and O–H groups in total. The summed E-state index contributed by atoms with van der Waals surface area (Å²) in [6.07, 6.45) is -0.528. The molecule has 0 saturated carbocycles. The zero-order valence-electron chi connectivity index (χ0n) is 14.4. The maximum Gasteiger partial charge on any atom is 0.138 e. The molecule has 0 unspecified atom stereocenters. The highest BCUT2D eigenvalue weighted by Crippen LogP contribution is 2.26. The van der Waals surface area contributed by atoms with Gasteiger partial charge in [0, 0.05) is 13.1 Å². The number of hydrogen-bond donors (Lipinski definition) is 2. The molecule has 3 rings (SSSR count). The highest BCUT2D eigenvalue weighted by atomic mass is 35.5. The van der Waals surface area contributed by atoms with Gasteiger partial charge in [-0.15, -0.1) is 0 Å². The average Bonchev–Trinajstić information content (AvgIpc) is 2.69. The molecule has 0 radical (unpaired) electrons. The number of nitrogens with one attached hydrogen (secondary N) is 1. The number of halogens is 1. The molecule has 3 aromatic carbocycles. The minimum Gasteiger partial charge on any atom is -0.487 e. The molecule has 3 nitrogen and oxygen atoms in total. The van der Waals surface area contributed by atoms with Gasteiger partial charge < -0.3 is 15.2 Å². The van der Waals surface area contributed by atoms with Crippen molar-refractivity contribution >= 4 is 11.6 Å². The summed E-state index contributed by atoms with van der Waals surface area (Å²) in [6.45, 7) is 1.60. The Hall–Kier alpha value is -2.33. The van der Waals surface area contributed by atoms with Crippen molar-refractivity contribution in [2.24, 2.45) is 0 Å². The molecule has 0 amide bonds. The number of aliphatic hydroxyl groups is 1. The van der Waals surface area contributed by atoms with E-state index in [1.807, 2.05) is 78.9 Å². The first-order valence-corrected chi connectivity index (χ1v) is 8.99. The third kappa shape index (κ3) is 5.33. The van der Waals surface area contributed by atoms with Gasteiger partial charge in [0.1, 0.15) is 12.4 Å². The van der Waals surface area contributed by atoms with Crippen LogP contribution in [0.15, 0.2) is 78.9 Å². The predicted octanol–water partition coefficient (Wildman–Crippen LogP) is 4.74. The Morgan fingerprint density at radius 2 is 1.58 bits per heavy atom. The SMILES string of the molecule is O[C@@H](CNCc1ccc(OCc2ccccc2)c(Cl)c1)c1ccccc1. The summed E-state index contributed by atoms with van der Waals surface area (Å²) in [6, 6.07) is 25.4. The number of hydrogen-bond acceptors (Lipinski definition) is 3. The summed E-state index contributed by atoms with van der Waals surface area (Å²) in [5, 5.41) is 14.0. The molecule has 0 fully saturated rings. The fourth-order valence-corrected chi connectivity index (χ4v) is 2.91. The lowest BCUT2D eigenvalue weighted by atomic mass is 10.1. The Morgan fingerprint density at radius 1 is 0.885 bits per heavy atom. The van der Waals surface area contributed by atoms with Gasteiger partial charge in [-0.25, -0.2) is 0 Å². The third-order valence-corrected chi connectivity index (χ3v) is 4.38. The van der Waals surface area contributed by atoms with E-state index < -0.39 is 6.10 Å². The predicted molar refractivity (Wildman–Crippen MR) is 105 cm³/mol. The van der Waals surface area contributed by atoms with Crippen LogP contribution in [0.25, 0.3) is 0 Å². The summed E-state index contributed by atoms with van der Waals surface area (Å²) in [7, 11) is 0. The molecule has 1 atom stereocenters. The van der Waals surface area contributed by atoms with Gasteiger partial charge in [-0.1, -0.05) is 78.3 Å². The fourth-order valence-electron chi connectivity index (χ4n) is 2.65. The van der Waals surface area contributed by atoms with Crippen LogP contribution in [0.4, 0.5) is 0 Å². The van der Waals surface area contributed by atoms with E-state index in [1.54, 1.807) is 0 Å². The lowest BCUT2D eigenvalue weighted by molar-refractivity contribution is 0.174. The lowest BCUT2D eigenvalue weighted by Gasteiger charge is -2.13. The van der Waals surface area contributed by atoms with Crippen molar-refractivity contribution in [1.82, 2.24) is 5.32 Å². The van der Waals surface area contributed by atoms with Gasteiger partial charge in [0.2, 0.25) is 0 Å². The molecule has 0 aliphatic heterocycles. The molecular formula is C22H22ClNO2. The van der Waals surface area contributed by atoms with Crippen molar-refractivity contribution in [3.05, 3.63) is 101 Å². The summed E-state index contributed by atoms with van der Waals surface area (Å²) in [5.41, 5.74) is 3.05. The van der Waals surface area contributed by atoms with E-state index in [-0.39, 0.29) is 0 Å². The first kappa shape index (κ1) is 18.5. The second-order valence-electron chi connectivity index (χ2n) is 6.10. The van der Waals surface area contributed by atoms with Crippen LogP contribution in [-0.4, -0.2) is 11.7 Å². The third-order valence-electron chi connectivity index (χ3n) is 4.08. The first-order chi connectivity index (χ1) is 12.7. The smallest absolute Gasteiger partial charge is 0.138 e. The zero-order chi connectivity index (χ0) is 18.2. The molecule has 0 aromatic heterocycles. The highest BCUT2D eigenvalue weighted by Gasteiger charge is 2.07. The van der Waals surface area contributed by atoms with Crippen molar-refractivity contribution in [3.63, 3.8) is 0 Å². The molecule has 0 saturated heterocycles. The van der Waals surface area contributed by atoms with Gasteiger partial charge in [0.25, 0.3) is 0 Å². The molecule has 26 heavy (non-hydrogen) atoms. The number of aliphatic hydroxyl groups excluding tert-OH is 1. The minimum atomic E-state index is -0.528. The molecule has 0 heterocycles. The number of benzene rings is 3. The van der Waals surface area contributed by atoms with Crippen LogP contribution in [0.1, 0.15) is 22.8 Å². The average molecular weight is 368 g/mol. The van der Waals surface area contributed by atoms with E-state index in [2.05, 4.69) is 5.32 Å². The molecule has 4 heteroatoms. The fraction of sp³-hybridized carbons (Fsp3) is 0.182. The molecule has 0 spiro atoms. The van der Waals surface area contributed by atoms with Crippen molar-refractivity contribution in [3.8, 4) is 5.75 Å². The lowest BCUT2D eigenvalue weighted by Crippen LogP contribution is -2.21. The van der Waals surface area contributed by atoms with Crippen LogP contribution in [0.3, 0.4) is 0 Å². The summed E-state index contributed by atoms with van der Waals surface area (Å²) < 4.78 is 5.79. The van der Waals surface area contributed by atoms with E-state index in [1.165, 1.54) is 0 Å². The molecule has 0 bridgehead atoms. The Balaban J connectivity index is 1.49. The van der Waals surface area contributed by atoms with Gasteiger partial charge in [-0.3, -0.25) is 0 Å². The molecule has 0 aliphatic rings. The summed E-state index contributed by atoms with van der Waals surface area (Å²) >= 11 is 6.33. The van der Waals surface area contributed by atoms with Gasteiger partial charge in [-0.2, -0.15) is 0 Å². The molecule has 3 aromatic rings. The van der Waals surface area contributed by atoms with Crippen LogP contribution in [0.2, 0.25) is 5.02 Å². The normalized spacial score (nSPS) is 11.9. The zero-order valence-corrected chi connectivity index (χ0v) is 15.2. The quantitative estimate of drug-likeness (QED) is 0.604. The second-order valence-corrected chi connectivity index (χ2v) is 6.50. The Morgan fingerprint density at radius 3 is 2.27 bits per heavy atom. The van der Waals surface area contributed by atoms with Crippen LogP contribution < -0.4 is 10.1 Å². The number of rotatable bonds is 8. The van der Waals surface area contributed by atoms with Crippen molar-refractivity contribution in [2.75, 3.05) is 6.54 Å². The van der Waals surface area contributed by atoms with E-state index >= 15 is 0 Å². The molecule has 0 aliphatic carbocycles. The Kier molecular flexibility index (Phi) is 6.67. The topological polar surface area (TPSA) is 41.5 Å². The molecular weight excluding hydrogens is 346 g/mol. The summed E-state index contributed by atoms with van der Waals surface area (Å²) in [4.78, 5) is 0. The Bertz CT molecular complexity index is 809. The second kappa shape index (κ2) is 9.39. The van der Waals surface area contributed by atoms with E-state index in [9.17, 15) is 5.11 Å². The van der Waals surface area contributed by atoms with Crippen LogP contribution in [-0.2, 0) is 13.2 Å². The van der Waals surface area contributed by atoms with Crippen LogP contribution in [0.5, 0.6) is 5.75 Å². The number of ether oxygens (including phenoxy) is 1. The van der Waals surface area contributed by atoms with E-state index in [0.29, 0.717) is 30.5 Å². The van der Waals surface area contributed by atoms with Crippen LogP contribution >= 0.6 is 11.6 Å². The van der Waals surface area contributed by atoms with Gasteiger partial charge in [-0.05, 0) is 28.8 Å². The van der Waals surface area contributed by atoms with Crippen molar-refractivity contribution in [1.29, 1.82) is 0 Å². The maximum absolute atomic E-state index is 10.2. The van der Waals surface area contributed by atoms with E-state index in [0.717, 1.165) is 16.7 Å². The largest absolute Gasteiger partial charge is 0.487 e. The highest BCUT2D eigenvalue weighted by molar-refractivity contribution is 6.32. The monoisotopic (exact) mass is 367 g/mol. The maximum atomic E-state index is 10.2. The summed E-state index contributed by atoms with van der Waals surface area (Å²) in [5.74, 6) is 0.670. The first-order valence-electron chi connectivity index (χ1n) is 8.61. The molecule has 134 valence electrons. The van der Waals surface area contributed by atoms with Crippen molar-refractivity contribution < 1.29 is 9.84 Å². The van der Waals surface area contributed by atoms with Crippen molar-refractivity contribution in [2.45, 2.75) is 19.3 Å². The van der Waals surface area contributed by atoms with Gasteiger partial charge >= 0.3 is 0 Å². The van der Waals surface area contributed by atoms with Gasteiger partial charge in [0.15, 0.2) is 0 Å². The minimum absolute atomic E-state index is 0.480. The van der Waals surface area contributed by atoms with E-state index in [4.69, 9.17) is 16.3 Å².